The van der Waals surface area contributed by atoms with Crippen LogP contribution < -0.4 is 0 Å². The molecule has 0 saturated heterocycles. The Morgan fingerprint density at radius 1 is 0.486 bits per heavy atom. The summed E-state index contributed by atoms with van der Waals surface area (Å²) in [5.74, 6) is 0.0639. The Kier molecular flexibility index (Phi) is 5.55. The topological polar surface area (TPSA) is 17.1 Å². The highest BCUT2D eigenvalue weighted by molar-refractivity contribution is 9.11. The third kappa shape index (κ3) is 3.53. The number of rotatable bonds is 3. The normalized spacial score (nSPS) is 13.7. The van der Waals surface area contributed by atoms with Crippen LogP contribution in [0.1, 0.15) is 38.2 Å². The molecule has 0 radical (unpaired) electrons. The van der Waals surface area contributed by atoms with Crippen LogP contribution in [0.5, 0.6) is 0 Å². The summed E-state index contributed by atoms with van der Waals surface area (Å²) in [4.78, 5) is 14.0. The summed E-state index contributed by atoms with van der Waals surface area (Å²) in [7, 11) is 0. The van der Waals surface area contributed by atoms with E-state index in [1.807, 2.05) is 36.4 Å². The predicted molar refractivity (Wildman–Crippen MR) is 149 cm³/mol. The molecule has 0 unspecified atom stereocenters. The molecule has 0 spiro atoms. The average molecular weight is 580 g/mol. The summed E-state index contributed by atoms with van der Waals surface area (Å²) in [5, 5.41) is 0. The van der Waals surface area contributed by atoms with E-state index in [2.05, 4.69) is 117 Å². The zero-order chi connectivity index (χ0) is 24.0. The summed E-state index contributed by atoms with van der Waals surface area (Å²) >= 11 is 7.20. The van der Waals surface area contributed by atoms with Crippen LogP contribution in [0.3, 0.4) is 0 Å². The molecule has 35 heavy (non-hydrogen) atoms. The molecule has 0 bridgehead atoms. The molecule has 1 aliphatic rings. The minimum Gasteiger partial charge on any atom is -0.289 e. The fraction of sp³-hybridized carbons (Fsp3) is 0.0312. The molecule has 168 valence electrons. The van der Waals surface area contributed by atoms with Gasteiger partial charge < -0.3 is 0 Å². The maximum Gasteiger partial charge on any atom is 0.193 e. The van der Waals surface area contributed by atoms with Gasteiger partial charge in [0, 0.05) is 20.1 Å². The third-order valence-corrected chi connectivity index (χ3v) is 7.77. The van der Waals surface area contributed by atoms with Gasteiger partial charge in [-0.1, -0.05) is 129 Å². The number of halogens is 2. The first-order valence-electron chi connectivity index (χ1n) is 11.5. The van der Waals surface area contributed by atoms with Gasteiger partial charge in [0.1, 0.15) is 0 Å². The molecule has 0 amide bonds. The van der Waals surface area contributed by atoms with Gasteiger partial charge in [0.2, 0.25) is 0 Å². The molecule has 0 heterocycles. The second-order valence-electron chi connectivity index (χ2n) is 8.78. The van der Waals surface area contributed by atoms with E-state index in [9.17, 15) is 4.79 Å². The molecule has 0 aliphatic heterocycles. The fourth-order valence-electron chi connectivity index (χ4n) is 5.42. The Hall–Kier alpha value is -3.27. The molecule has 0 N–H and O–H groups in total. The van der Waals surface area contributed by atoms with E-state index in [0.717, 1.165) is 53.5 Å². The van der Waals surface area contributed by atoms with Crippen molar-refractivity contribution in [1.29, 1.82) is 0 Å². The van der Waals surface area contributed by atoms with Crippen molar-refractivity contribution >= 4 is 37.6 Å². The van der Waals surface area contributed by atoms with Crippen LogP contribution in [-0.4, -0.2) is 5.78 Å². The minimum absolute atomic E-state index is 0.0639. The molecule has 0 aromatic heterocycles. The third-order valence-electron chi connectivity index (χ3n) is 6.85. The summed E-state index contributed by atoms with van der Waals surface area (Å²) in [6.45, 7) is 0. The summed E-state index contributed by atoms with van der Waals surface area (Å²) in [6.07, 6.45) is 0. The second kappa shape index (κ2) is 8.75. The van der Waals surface area contributed by atoms with Crippen molar-refractivity contribution in [2.75, 3.05) is 0 Å². The number of benzene rings is 5. The Morgan fingerprint density at radius 2 is 1.03 bits per heavy atom. The average Bonchev–Trinajstić information content (AvgIpc) is 2.90. The first-order chi connectivity index (χ1) is 17.1. The number of ketones is 1. The number of hydrogen-bond donors (Lipinski definition) is 0. The van der Waals surface area contributed by atoms with E-state index in [1.54, 1.807) is 0 Å². The highest BCUT2D eigenvalue weighted by Gasteiger charge is 2.46. The summed E-state index contributed by atoms with van der Waals surface area (Å²) in [6, 6.07) is 41.6. The van der Waals surface area contributed by atoms with Gasteiger partial charge in [0.15, 0.2) is 5.78 Å². The van der Waals surface area contributed by atoms with E-state index >= 15 is 0 Å². The van der Waals surface area contributed by atoms with Gasteiger partial charge in [-0.25, -0.2) is 0 Å². The van der Waals surface area contributed by atoms with Gasteiger partial charge in [0.05, 0.1) is 5.41 Å². The molecule has 6 rings (SSSR count). The molecule has 0 fully saturated rings. The van der Waals surface area contributed by atoms with E-state index in [1.165, 1.54) is 0 Å². The van der Waals surface area contributed by atoms with E-state index in [0.29, 0.717) is 0 Å². The molecule has 1 nitrogen and oxygen atoms in total. The van der Waals surface area contributed by atoms with E-state index in [4.69, 9.17) is 0 Å². The number of carbonyl (C=O) groups is 1. The second-order valence-corrected chi connectivity index (χ2v) is 10.6. The Labute approximate surface area is 221 Å². The summed E-state index contributed by atoms with van der Waals surface area (Å²) < 4.78 is 1.97. The van der Waals surface area contributed by atoms with Gasteiger partial charge in [-0.15, -0.1) is 0 Å². The molecule has 3 heteroatoms. The molecule has 0 saturated carbocycles. The number of carbonyl (C=O) groups excluding carboxylic acids is 1. The number of hydrogen-bond acceptors (Lipinski definition) is 1. The lowest BCUT2D eigenvalue weighted by molar-refractivity contribution is 0.103. The molecule has 5 aromatic rings. The zero-order valence-electron chi connectivity index (χ0n) is 18.7. The predicted octanol–water partition coefficient (Wildman–Crippen LogP) is 8.81. The zero-order valence-corrected chi connectivity index (χ0v) is 21.9. The Bertz CT molecular complexity index is 1510. The maximum absolute atomic E-state index is 14.0. The van der Waals surface area contributed by atoms with Gasteiger partial charge in [0.25, 0.3) is 0 Å². The smallest absolute Gasteiger partial charge is 0.193 e. The van der Waals surface area contributed by atoms with Crippen LogP contribution in [0.2, 0.25) is 0 Å². The number of fused-ring (bicyclic) bond motifs is 2. The van der Waals surface area contributed by atoms with E-state index < -0.39 is 5.41 Å². The Morgan fingerprint density at radius 3 is 1.66 bits per heavy atom. The lowest BCUT2D eigenvalue weighted by atomic mass is 9.59. The van der Waals surface area contributed by atoms with Gasteiger partial charge >= 0.3 is 0 Å². The quantitative estimate of drug-likeness (QED) is 0.205. The lowest BCUT2D eigenvalue weighted by Gasteiger charge is -2.41. The first kappa shape index (κ1) is 22.2. The maximum atomic E-state index is 14.0. The molecule has 1 aliphatic carbocycles. The lowest BCUT2D eigenvalue weighted by Crippen LogP contribution is -2.38. The largest absolute Gasteiger partial charge is 0.289 e. The SMILES string of the molecule is O=C1c2ccccc2C(c2ccccc2)(c2ccccc2)c2ccc(-c3cc(Br)cc(Br)c3)cc21. The van der Waals surface area contributed by atoms with E-state index in [-0.39, 0.29) is 5.78 Å². The van der Waals surface area contributed by atoms with Crippen LogP contribution in [0.25, 0.3) is 11.1 Å². The van der Waals surface area contributed by atoms with Crippen LogP contribution >= 0.6 is 31.9 Å². The van der Waals surface area contributed by atoms with Gasteiger partial charge in [-0.05, 0) is 57.6 Å². The first-order valence-corrected chi connectivity index (χ1v) is 13.0. The van der Waals surface area contributed by atoms with Crippen molar-refractivity contribution in [1.82, 2.24) is 0 Å². The fourth-order valence-corrected chi connectivity index (χ4v) is 6.72. The van der Waals surface area contributed by atoms with Crippen molar-refractivity contribution in [2.45, 2.75) is 5.41 Å². The van der Waals surface area contributed by atoms with Crippen LogP contribution in [0.4, 0.5) is 0 Å². The standard InChI is InChI=1S/C32H20Br2O/c33-25-17-22(18-26(34)20-25)21-15-16-30-28(19-21)31(35)27-13-7-8-14-29(27)32(30,23-9-3-1-4-10-23)24-11-5-2-6-12-24/h1-20H. The Balaban J connectivity index is 1.72. The summed E-state index contributed by atoms with van der Waals surface area (Å²) in [5.41, 5.74) is 7.27. The van der Waals surface area contributed by atoms with Crippen molar-refractivity contribution in [3.05, 3.63) is 164 Å². The molecule has 5 aromatic carbocycles. The monoisotopic (exact) mass is 578 g/mol. The molecular weight excluding hydrogens is 560 g/mol. The molecular formula is C32H20Br2O. The molecule has 0 atom stereocenters. The highest BCUT2D eigenvalue weighted by atomic mass is 79.9. The van der Waals surface area contributed by atoms with Crippen LogP contribution in [0, 0.1) is 0 Å². The van der Waals surface area contributed by atoms with Gasteiger partial charge in [-0.3, -0.25) is 4.79 Å². The minimum atomic E-state index is -0.598. The van der Waals surface area contributed by atoms with Crippen LogP contribution in [-0.2, 0) is 5.41 Å². The van der Waals surface area contributed by atoms with Gasteiger partial charge in [-0.2, -0.15) is 0 Å². The van der Waals surface area contributed by atoms with Crippen molar-refractivity contribution in [3.8, 4) is 11.1 Å². The van der Waals surface area contributed by atoms with Crippen molar-refractivity contribution in [2.24, 2.45) is 0 Å². The van der Waals surface area contributed by atoms with Crippen molar-refractivity contribution in [3.63, 3.8) is 0 Å². The van der Waals surface area contributed by atoms with Crippen molar-refractivity contribution < 1.29 is 4.79 Å². The highest BCUT2D eigenvalue weighted by Crippen LogP contribution is 2.51. The van der Waals surface area contributed by atoms with Crippen LogP contribution in [0.15, 0.2) is 130 Å².